The maximum atomic E-state index is 11.8. The van der Waals surface area contributed by atoms with Gasteiger partial charge >= 0.3 is 5.97 Å². The lowest BCUT2D eigenvalue weighted by Gasteiger charge is -2.06. The highest BCUT2D eigenvalue weighted by Gasteiger charge is 2.09. The molecule has 0 aliphatic heterocycles. The van der Waals surface area contributed by atoms with Crippen molar-refractivity contribution in [1.82, 2.24) is 0 Å². The first-order chi connectivity index (χ1) is 12.0. The fourth-order valence-electron chi connectivity index (χ4n) is 1.88. The van der Waals surface area contributed by atoms with Gasteiger partial charge in [-0.15, -0.1) is 0 Å². The minimum Gasteiger partial charge on any atom is -0.452 e. The first-order valence-corrected chi connectivity index (χ1v) is 7.84. The molecule has 2 rings (SSSR count). The molecule has 1 amide bonds. The smallest absolute Gasteiger partial charge is 0.331 e. The molecule has 0 heterocycles. The summed E-state index contributed by atoms with van der Waals surface area (Å²) in [6.45, 7) is -0.487. The number of esters is 1. The molecule has 1 N–H and O–H groups in total. The average molecular weight is 375 g/mol. The monoisotopic (exact) mass is 374 g/mol. The van der Waals surface area contributed by atoms with Crippen molar-refractivity contribution in [3.8, 4) is 6.07 Å². The second kappa shape index (κ2) is 8.88. The molecule has 0 aliphatic rings. The lowest BCUT2D eigenvalue weighted by Crippen LogP contribution is -2.20. The van der Waals surface area contributed by atoms with E-state index in [1.54, 1.807) is 42.5 Å². The third-order valence-corrected chi connectivity index (χ3v) is 3.71. The van der Waals surface area contributed by atoms with Gasteiger partial charge in [-0.05, 0) is 30.3 Å². The van der Waals surface area contributed by atoms with E-state index in [9.17, 15) is 9.59 Å². The van der Waals surface area contributed by atoms with E-state index in [1.165, 1.54) is 6.08 Å². The lowest BCUT2D eigenvalue weighted by molar-refractivity contribution is -0.142. The molecule has 0 saturated carbocycles. The minimum atomic E-state index is -0.722. The van der Waals surface area contributed by atoms with E-state index in [0.717, 1.165) is 6.08 Å². The molecule has 0 atom stereocenters. The zero-order chi connectivity index (χ0) is 18.2. The molecule has 0 saturated heterocycles. The predicted molar refractivity (Wildman–Crippen MR) is 96.2 cm³/mol. The van der Waals surface area contributed by atoms with Gasteiger partial charge < -0.3 is 10.1 Å². The number of carbonyl (C=O) groups is 2. The highest BCUT2D eigenvalue weighted by Crippen LogP contribution is 2.25. The summed E-state index contributed by atoms with van der Waals surface area (Å²) in [4.78, 5) is 23.5. The van der Waals surface area contributed by atoms with E-state index in [2.05, 4.69) is 5.32 Å². The average Bonchev–Trinajstić information content (AvgIpc) is 2.60. The van der Waals surface area contributed by atoms with Gasteiger partial charge in [0.1, 0.15) is 6.07 Å². The van der Waals surface area contributed by atoms with Crippen LogP contribution >= 0.6 is 23.2 Å². The maximum Gasteiger partial charge on any atom is 0.331 e. The van der Waals surface area contributed by atoms with Crippen LogP contribution in [0.15, 0.2) is 48.5 Å². The van der Waals surface area contributed by atoms with Gasteiger partial charge in [-0.3, -0.25) is 4.79 Å². The zero-order valence-corrected chi connectivity index (χ0v) is 14.3. The van der Waals surface area contributed by atoms with Crippen LogP contribution in [0.5, 0.6) is 0 Å². The number of carbonyl (C=O) groups excluding carboxylic acids is 2. The van der Waals surface area contributed by atoms with Crippen molar-refractivity contribution in [2.24, 2.45) is 0 Å². The first kappa shape index (κ1) is 18.5. The number of anilines is 1. The van der Waals surface area contributed by atoms with E-state index in [1.807, 2.05) is 6.07 Å². The van der Waals surface area contributed by atoms with Gasteiger partial charge in [-0.1, -0.05) is 41.4 Å². The Morgan fingerprint density at radius 1 is 1.12 bits per heavy atom. The Bertz CT molecular complexity index is 853. The molecule has 0 radical (unpaired) electrons. The molecule has 0 bridgehead atoms. The largest absolute Gasteiger partial charge is 0.452 e. The number of para-hydroxylation sites is 1. The van der Waals surface area contributed by atoms with Crippen LogP contribution in [0, 0.1) is 11.3 Å². The summed E-state index contributed by atoms with van der Waals surface area (Å²) in [5.41, 5.74) is 1.15. The normalized spacial score (nSPS) is 10.3. The highest BCUT2D eigenvalue weighted by atomic mass is 35.5. The van der Waals surface area contributed by atoms with Gasteiger partial charge in [0.15, 0.2) is 6.61 Å². The maximum absolute atomic E-state index is 11.8. The summed E-state index contributed by atoms with van der Waals surface area (Å²) in [6, 6.07) is 13.4. The first-order valence-electron chi connectivity index (χ1n) is 7.09. The standard InChI is InChI=1S/C18H12Cl2N2O3/c19-14-5-3-6-15(20)13(14)8-9-18(24)25-11-17(23)22-16-7-2-1-4-12(16)10-21/h1-9H,11H2,(H,22,23)/b9-8+. The summed E-state index contributed by atoms with van der Waals surface area (Å²) in [5.74, 6) is -1.28. The van der Waals surface area contributed by atoms with E-state index in [-0.39, 0.29) is 0 Å². The fraction of sp³-hybridized carbons (Fsp3) is 0.0556. The number of amides is 1. The van der Waals surface area contributed by atoms with Gasteiger partial charge in [-0.2, -0.15) is 5.26 Å². The van der Waals surface area contributed by atoms with Crippen LogP contribution in [-0.2, 0) is 14.3 Å². The van der Waals surface area contributed by atoms with Crippen LogP contribution < -0.4 is 5.32 Å². The van der Waals surface area contributed by atoms with Crippen LogP contribution in [0.25, 0.3) is 6.08 Å². The van der Waals surface area contributed by atoms with Crippen LogP contribution in [0.3, 0.4) is 0 Å². The molecule has 0 unspecified atom stereocenters. The Morgan fingerprint density at radius 3 is 2.48 bits per heavy atom. The van der Waals surface area contributed by atoms with E-state index in [0.29, 0.717) is 26.9 Å². The van der Waals surface area contributed by atoms with Crippen molar-refractivity contribution in [3.63, 3.8) is 0 Å². The van der Waals surface area contributed by atoms with Crippen molar-refractivity contribution in [3.05, 3.63) is 69.7 Å². The minimum absolute atomic E-state index is 0.315. The quantitative estimate of drug-likeness (QED) is 0.631. The molecule has 0 aromatic heterocycles. The van der Waals surface area contributed by atoms with E-state index >= 15 is 0 Å². The van der Waals surface area contributed by atoms with E-state index < -0.39 is 18.5 Å². The second-order valence-electron chi connectivity index (χ2n) is 4.78. The van der Waals surface area contributed by atoms with Crippen LogP contribution in [0.2, 0.25) is 10.0 Å². The van der Waals surface area contributed by atoms with Crippen LogP contribution in [-0.4, -0.2) is 18.5 Å². The second-order valence-corrected chi connectivity index (χ2v) is 5.60. The summed E-state index contributed by atoms with van der Waals surface area (Å²) in [7, 11) is 0. The Kier molecular flexibility index (Phi) is 6.58. The van der Waals surface area contributed by atoms with Crippen molar-refractivity contribution >= 4 is 46.8 Å². The van der Waals surface area contributed by atoms with Crippen LogP contribution in [0.1, 0.15) is 11.1 Å². The summed E-state index contributed by atoms with van der Waals surface area (Å²) >= 11 is 12.0. The predicted octanol–water partition coefficient (Wildman–Crippen LogP) is 4.06. The Balaban J connectivity index is 1.91. The lowest BCUT2D eigenvalue weighted by atomic mass is 10.2. The number of nitrogens with one attached hydrogen (secondary N) is 1. The number of hydrogen-bond acceptors (Lipinski definition) is 4. The van der Waals surface area contributed by atoms with Gasteiger partial charge in [0.05, 0.1) is 11.3 Å². The Morgan fingerprint density at radius 2 is 1.80 bits per heavy atom. The van der Waals surface area contributed by atoms with Gasteiger partial charge in [0, 0.05) is 21.7 Å². The van der Waals surface area contributed by atoms with E-state index in [4.69, 9.17) is 33.2 Å². The summed E-state index contributed by atoms with van der Waals surface area (Å²) in [5, 5.41) is 12.2. The number of halogens is 2. The Labute approximate surface area is 154 Å². The van der Waals surface area contributed by atoms with Crippen molar-refractivity contribution < 1.29 is 14.3 Å². The van der Waals surface area contributed by atoms with Crippen LogP contribution in [0.4, 0.5) is 5.69 Å². The molecular weight excluding hydrogens is 363 g/mol. The fourth-order valence-corrected chi connectivity index (χ4v) is 2.41. The molecule has 25 heavy (non-hydrogen) atoms. The molecule has 5 nitrogen and oxygen atoms in total. The molecule has 0 fully saturated rings. The SMILES string of the molecule is N#Cc1ccccc1NC(=O)COC(=O)/C=C/c1c(Cl)cccc1Cl. The topological polar surface area (TPSA) is 79.2 Å². The third-order valence-electron chi connectivity index (χ3n) is 3.05. The van der Waals surface area contributed by atoms with Crippen molar-refractivity contribution in [2.75, 3.05) is 11.9 Å². The van der Waals surface area contributed by atoms with Crippen molar-refractivity contribution in [2.45, 2.75) is 0 Å². The number of hydrogen-bond donors (Lipinski definition) is 1. The third kappa shape index (κ3) is 5.35. The van der Waals surface area contributed by atoms with Gasteiger partial charge in [0.25, 0.3) is 5.91 Å². The Hall–Kier alpha value is -2.81. The van der Waals surface area contributed by atoms with Crippen molar-refractivity contribution in [1.29, 1.82) is 5.26 Å². The van der Waals surface area contributed by atoms with Gasteiger partial charge in [-0.25, -0.2) is 4.79 Å². The number of ether oxygens (including phenoxy) is 1. The highest BCUT2D eigenvalue weighted by molar-refractivity contribution is 6.37. The number of rotatable bonds is 5. The zero-order valence-electron chi connectivity index (χ0n) is 12.8. The molecule has 7 heteroatoms. The molecule has 126 valence electrons. The summed E-state index contributed by atoms with van der Waals surface area (Å²) in [6.07, 6.45) is 2.54. The summed E-state index contributed by atoms with van der Waals surface area (Å²) < 4.78 is 4.84. The molecule has 0 aliphatic carbocycles. The van der Waals surface area contributed by atoms with Gasteiger partial charge in [0.2, 0.25) is 0 Å². The number of nitriles is 1. The molecule has 0 spiro atoms. The number of benzene rings is 2. The molecule has 2 aromatic rings. The molecular formula is C18H12Cl2N2O3. The molecule has 2 aromatic carbocycles. The number of nitrogens with zero attached hydrogens (tertiary/aromatic N) is 1.